The summed E-state index contributed by atoms with van der Waals surface area (Å²) in [6.07, 6.45) is 1.69. The Kier molecular flexibility index (Phi) is 4.81. The molecule has 6 nitrogen and oxygen atoms in total. The third-order valence-electron chi connectivity index (χ3n) is 3.36. The van der Waals surface area contributed by atoms with Gasteiger partial charge in [-0.2, -0.15) is 5.10 Å². The Morgan fingerprint density at radius 3 is 2.32 bits per heavy atom. The molecule has 0 fully saturated rings. The summed E-state index contributed by atoms with van der Waals surface area (Å²) in [6.45, 7) is 1.44. The summed E-state index contributed by atoms with van der Waals surface area (Å²) in [5.41, 5.74) is 2.32. The second kappa shape index (κ2) is 7.19. The Bertz CT molecular complexity index is 919. The number of rotatable bonds is 4. The van der Waals surface area contributed by atoms with Crippen molar-refractivity contribution in [3.8, 4) is 5.69 Å². The van der Waals surface area contributed by atoms with Crippen molar-refractivity contribution in [3.05, 3.63) is 71.5 Å². The van der Waals surface area contributed by atoms with Crippen LogP contribution in [-0.2, 0) is 4.79 Å². The number of nitrogens with one attached hydrogen (secondary N) is 2. The van der Waals surface area contributed by atoms with Crippen LogP contribution in [-0.4, -0.2) is 21.6 Å². The van der Waals surface area contributed by atoms with E-state index in [1.807, 2.05) is 12.1 Å². The molecule has 0 saturated carbocycles. The van der Waals surface area contributed by atoms with Gasteiger partial charge >= 0.3 is 0 Å². The van der Waals surface area contributed by atoms with Gasteiger partial charge in [0, 0.05) is 29.5 Å². The Balaban J connectivity index is 1.70. The van der Waals surface area contributed by atoms with Gasteiger partial charge in [-0.1, -0.05) is 17.7 Å². The second-order valence-corrected chi connectivity index (χ2v) is 5.77. The monoisotopic (exact) mass is 354 g/mol. The number of nitrogens with zero attached hydrogens (tertiary/aromatic N) is 2. The summed E-state index contributed by atoms with van der Waals surface area (Å²) in [6, 6.07) is 15.7. The maximum absolute atomic E-state index is 12.3. The van der Waals surface area contributed by atoms with E-state index in [1.54, 1.807) is 53.3 Å². The fourth-order valence-corrected chi connectivity index (χ4v) is 2.43. The van der Waals surface area contributed by atoms with E-state index in [9.17, 15) is 9.59 Å². The normalized spacial score (nSPS) is 10.3. The van der Waals surface area contributed by atoms with Crippen LogP contribution in [0.3, 0.4) is 0 Å². The first-order valence-corrected chi connectivity index (χ1v) is 7.90. The van der Waals surface area contributed by atoms with Gasteiger partial charge in [0.05, 0.1) is 5.69 Å². The highest BCUT2D eigenvalue weighted by molar-refractivity contribution is 6.30. The van der Waals surface area contributed by atoms with Crippen LogP contribution >= 0.6 is 11.6 Å². The molecule has 0 bridgehead atoms. The molecular weight excluding hydrogens is 340 g/mol. The first kappa shape index (κ1) is 16.7. The predicted octanol–water partition coefficient (Wildman–Crippen LogP) is 3.74. The first-order valence-electron chi connectivity index (χ1n) is 7.52. The predicted molar refractivity (Wildman–Crippen MR) is 97.3 cm³/mol. The van der Waals surface area contributed by atoms with Crippen molar-refractivity contribution in [2.45, 2.75) is 6.92 Å². The molecular formula is C18H15ClN4O2. The summed E-state index contributed by atoms with van der Waals surface area (Å²) in [7, 11) is 0. The molecule has 2 N–H and O–H groups in total. The molecule has 2 aromatic carbocycles. The van der Waals surface area contributed by atoms with Gasteiger partial charge in [0.15, 0.2) is 5.69 Å². The van der Waals surface area contributed by atoms with Gasteiger partial charge in [0.1, 0.15) is 0 Å². The van der Waals surface area contributed by atoms with Crippen LogP contribution in [0.5, 0.6) is 0 Å². The van der Waals surface area contributed by atoms with Crippen molar-refractivity contribution >= 4 is 34.8 Å². The average Bonchev–Trinajstić information content (AvgIpc) is 3.06. The molecule has 1 aromatic heterocycles. The van der Waals surface area contributed by atoms with Gasteiger partial charge in [-0.15, -0.1) is 0 Å². The second-order valence-electron chi connectivity index (χ2n) is 5.34. The van der Waals surface area contributed by atoms with Crippen molar-refractivity contribution in [1.29, 1.82) is 0 Å². The van der Waals surface area contributed by atoms with Crippen molar-refractivity contribution < 1.29 is 9.59 Å². The molecule has 0 unspecified atom stereocenters. The maximum Gasteiger partial charge on any atom is 0.276 e. The minimum absolute atomic E-state index is 0.150. The van der Waals surface area contributed by atoms with Crippen LogP contribution in [0.25, 0.3) is 5.69 Å². The van der Waals surface area contributed by atoms with Crippen molar-refractivity contribution in [1.82, 2.24) is 9.78 Å². The lowest BCUT2D eigenvalue weighted by atomic mass is 10.2. The number of benzene rings is 2. The fraction of sp³-hybridized carbons (Fsp3) is 0.0556. The number of halogens is 1. The molecule has 0 spiro atoms. The molecule has 0 atom stereocenters. The summed E-state index contributed by atoms with van der Waals surface area (Å²) in [5, 5.41) is 10.3. The fourth-order valence-electron chi connectivity index (χ4n) is 2.24. The highest BCUT2D eigenvalue weighted by atomic mass is 35.5. The molecule has 0 radical (unpaired) electrons. The van der Waals surface area contributed by atoms with E-state index in [2.05, 4.69) is 15.7 Å². The third-order valence-corrected chi connectivity index (χ3v) is 3.59. The topological polar surface area (TPSA) is 76.0 Å². The number of hydrogen-bond donors (Lipinski definition) is 2. The lowest BCUT2D eigenvalue weighted by Gasteiger charge is -2.06. The van der Waals surface area contributed by atoms with Gasteiger partial charge < -0.3 is 10.6 Å². The highest BCUT2D eigenvalue weighted by Gasteiger charge is 2.11. The van der Waals surface area contributed by atoms with Crippen LogP contribution in [0.15, 0.2) is 60.8 Å². The minimum Gasteiger partial charge on any atom is -0.326 e. The van der Waals surface area contributed by atoms with E-state index >= 15 is 0 Å². The standard InChI is InChI=1S/C18H15ClN4O2/c1-12(24)20-14-5-7-15(8-6-14)21-18(25)17-9-10-23(22-17)16-4-2-3-13(19)11-16/h2-11H,1H3,(H,20,24)(H,21,25). The van der Waals surface area contributed by atoms with Crippen molar-refractivity contribution in [3.63, 3.8) is 0 Å². The smallest absolute Gasteiger partial charge is 0.276 e. The molecule has 1 heterocycles. The van der Waals surface area contributed by atoms with Gasteiger partial charge in [0.2, 0.25) is 5.91 Å². The summed E-state index contributed by atoms with van der Waals surface area (Å²) >= 11 is 5.97. The number of hydrogen-bond acceptors (Lipinski definition) is 3. The van der Waals surface area contributed by atoms with Crippen LogP contribution in [0.1, 0.15) is 17.4 Å². The molecule has 126 valence electrons. The zero-order chi connectivity index (χ0) is 17.8. The number of amides is 2. The molecule has 0 aliphatic heterocycles. The van der Waals surface area contributed by atoms with Gasteiger partial charge in [-0.05, 0) is 48.5 Å². The Morgan fingerprint density at radius 2 is 1.68 bits per heavy atom. The lowest BCUT2D eigenvalue weighted by Crippen LogP contribution is -2.13. The van der Waals surface area contributed by atoms with Gasteiger partial charge in [-0.3, -0.25) is 9.59 Å². The molecule has 0 aliphatic rings. The molecule has 3 aromatic rings. The Morgan fingerprint density at radius 1 is 1.00 bits per heavy atom. The van der Waals surface area contributed by atoms with Crippen molar-refractivity contribution in [2.75, 3.05) is 10.6 Å². The third kappa shape index (κ3) is 4.24. The van der Waals surface area contributed by atoms with Crippen LogP contribution in [0.4, 0.5) is 11.4 Å². The minimum atomic E-state index is -0.326. The van der Waals surface area contributed by atoms with Gasteiger partial charge in [0.25, 0.3) is 5.91 Å². The summed E-state index contributed by atoms with van der Waals surface area (Å²) < 4.78 is 1.58. The first-order chi connectivity index (χ1) is 12.0. The molecule has 2 amide bonds. The number of aromatic nitrogens is 2. The number of carbonyl (C=O) groups excluding carboxylic acids is 2. The van der Waals surface area contributed by atoms with E-state index in [1.165, 1.54) is 6.92 Å². The molecule has 3 rings (SSSR count). The number of carbonyl (C=O) groups is 2. The molecule has 7 heteroatoms. The average molecular weight is 355 g/mol. The molecule has 0 aliphatic carbocycles. The maximum atomic E-state index is 12.3. The van der Waals surface area contributed by atoms with Crippen LogP contribution in [0, 0.1) is 0 Å². The number of anilines is 2. The van der Waals surface area contributed by atoms with E-state index in [0.29, 0.717) is 16.4 Å². The van der Waals surface area contributed by atoms with Gasteiger partial charge in [-0.25, -0.2) is 4.68 Å². The molecule has 0 saturated heterocycles. The summed E-state index contributed by atoms with van der Waals surface area (Å²) in [5.74, 6) is -0.476. The SMILES string of the molecule is CC(=O)Nc1ccc(NC(=O)c2ccn(-c3cccc(Cl)c3)n2)cc1. The van der Waals surface area contributed by atoms with Crippen molar-refractivity contribution in [2.24, 2.45) is 0 Å². The zero-order valence-corrected chi connectivity index (χ0v) is 14.1. The Labute approximate surface area is 149 Å². The largest absolute Gasteiger partial charge is 0.326 e. The van der Waals surface area contributed by atoms with E-state index in [-0.39, 0.29) is 17.5 Å². The quantitative estimate of drug-likeness (QED) is 0.749. The summed E-state index contributed by atoms with van der Waals surface area (Å²) in [4.78, 5) is 23.3. The highest BCUT2D eigenvalue weighted by Crippen LogP contribution is 2.16. The van der Waals surface area contributed by atoms with Crippen LogP contribution < -0.4 is 10.6 Å². The van der Waals surface area contributed by atoms with E-state index in [4.69, 9.17) is 11.6 Å². The molecule has 25 heavy (non-hydrogen) atoms. The van der Waals surface area contributed by atoms with E-state index < -0.39 is 0 Å². The lowest BCUT2D eigenvalue weighted by molar-refractivity contribution is -0.114. The Hall–Kier alpha value is -3.12. The van der Waals surface area contributed by atoms with E-state index in [0.717, 1.165) is 5.69 Å². The van der Waals surface area contributed by atoms with Crippen LogP contribution in [0.2, 0.25) is 5.02 Å². The zero-order valence-electron chi connectivity index (χ0n) is 13.4.